The minimum atomic E-state index is -0.431. The van der Waals surface area contributed by atoms with Gasteiger partial charge in [-0.25, -0.2) is 9.37 Å². The molecule has 0 bridgehead atoms. The lowest BCUT2D eigenvalue weighted by Gasteiger charge is -2.37. The summed E-state index contributed by atoms with van der Waals surface area (Å²) in [6.07, 6.45) is 3.00. The number of hydrogen-bond donors (Lipinski definition) is 1. The van der Waals surface area contributed by atoms with E-state index in [1.54, 1.807) is 34.5 Å². The van der Waals surface area contributed by atoms with Gasteiger partial charge in [0.2, 0.25) is 0 Å². The first-order valence-electron chi connectivity index (χ1n) is 12.1. The van der Waals surface area contributed by atoms with Gasteiger partial charge in [-0.2, -0.15) is 0 Å². The van der Waals surface area contributed by atoms with Crippen molar-refractivity contribution >= 4 is 23.2 Å². The molecular weight excluding hydrogens is 493 g/mol. The van der Waals surface area contributed by atoms with Crippen molar-refractivity contribution in [3.8, 4) is 5.75 Å². The second-order valence-electron chi connectivity index (χ2n) is 8.71. The van der Waals surface area contributed by atoms with Gasteiger partial charge >= 0.3 is 0 Å². The Morgan fingerprint density at radius 3 is 2.81 bits per heavy atom. The van der Waals surface area contributed by atoms with Crippen molar-refractivity contribution in [1.29, 1.82) is 0 Å². The fraction of sp³-hybridized carbons (Fsp3) is 0.250. The van der Waals surface area contributed by atoms with Crippen LogP contribution >= 0.6 is 11.3 Å². The quantitative estimate of drug-likeness (QED) is 0.338. The van der Waals surface area contributed by atoms with Crippen LogP contribution in [0.2, 0.25) is 0 Å². The zero-order valence-electron chi connectivity index (χ0n) is 20.3. The van der Waals surface area contributed by atoms with Crippen LogP contribution in [0.25, 0.3) is 0 Å². The number of carbonyl (C=O) groups is 2. The number of nitrogens with one attached hydrogen (secondary N) is 1. The first-order chi connectivity index (χ1) is 18.0. The Kier molecular flexibility index (Phi) is 7.32. The molecule has 1 atom stereocenters. The van der Waals surface area contributed by atoms with E-state index in [0.29, 0.717) is 36.0 Å². The standard InChI is InChI=1S/C28H26FN3O4S/c1-2-12-30-27(33)23-17-37-25(31-23)16-36-21-10-7-18-11-13-32(28(34)24-4-3-14-35-24)26(22(18)15-21)19-5-8-20(29)9-6-19/h3-10,14-15,17,26H,2,11-13,16H2,1H3,(H,30,33). The summed E-state index contributed by atoms with van der Waals surface area (Å²) in [7, 11) is 0. The lowest BCUT2D eigenvalue weighted by atomic mass is 9.87. The van der Waals surface area contributed by atoms with Gasteiger partial charge in [-0.1, -0.05) is 25.1 Å². The number of carbonyl (C=O) groups excluding carboxylic acids is 2. The van der Waals surface area contributed by atoms with Crippen molar-refractivity contribution in [3.63, 3.8) is 0 Å². The van der Waals surface area contributed by atoms with Crippen LogP contribution < -0.4 is 10.1 Å². The molecule has 1 unspecified atom stereocenters. The van der Waals surface area contributed by atoms with Gasteiger partial charge in [0.05, 0.1) is 12.3 Å². The zero-order valence-corrected chi connectivity index (χ0v) is 21.1. The zero-order chi connectivity index (χ0) is 25.8. The lowest BCUT2D eigenvalue weighted by molar-refractivity contribution is 0.0661. The fourth-order valence-corrected chi connectivity index (χ4v) is 5.09. The molecule has 0 saturated heterocycles. The highest BCUT2D eigenvalue weighted by atomic mass is 32.1. The van der Waals surface area contributed by atoms with E-state index < -0.39 is 6.04 Å². The van der Waals surface area contributed by atoms with E-state index in [2.05, 4.69) is 10.3 Å². The maximum absolute atomic E-state index is 13.7. The van der Waals surface area contributed by atoms with E-state index in [4.69, 9.17) is 9.15 Å². The lowest BCUT2D eigenvalue weighted by Crippen LogP contribution is -2.40. The fourth-order valence-electron chi connectivity index (χ4n) is 4.40. The molecule has 190 valence electrons. The maximum atomic E-state index is 13.7. The molecule has 0 radical (unpaired) electrons. The third-order valence-electron chi connectivity index (χ3n) is 6.21. The number of hydrogen-bond acceptors (Lipinski definition) is 6. The molecule has 0 spiro atoms. The number of thiazole rings is 1. The molecule has 4 aromatic rings. The highest BCUT2D eigenvalue weighted by molar-refractivity contribution is 7.09. The van der Waals surface area contributed by atoms with Crippen molar-refractivity contribution < 1.29 is 23.1 Å². The smallest absolute Gasteiger partial charge is 0.290 e. The molecule has 9 heteroatoms. The number of furan rings is 1. The number of halogens is 1. The van der Waals surface area contributed by atoms with Gasteiger partial charge in [-0.05, 0) is 65.9 Å². The topological polar surface area (TPSA) is 84.7 Å². The molecule has 7 nitrogen and oxygen atoms in total. The van der Waals surface area contributed by atoms with Gasteiger partial charge in [-0.3, -0.25) is 9.59 Å². The third kappa shape index (κ3) is 5.41. The van der Waals surface area contributed by atoms with Crippen LogP contribution in [-0.4, -0.2) is 34.8 Å². The molecule has 0 saturated carbocycles. The second kappa shape index (κ2) is 11.0. The molecule has 2 aromatic carbocycles. The van der Waals surface area contributed by atoms with Crippen LogP contribution in [0, 0.1) is 5.82 Å². The van der Waals surface area contributed by atoms with Crippen LogP contribution in [0.5, 0.6) is 5.75 Å². The van der Waals surface area contributed by atoms with Crippen molar-refractivity contribution in [2.75, 3.05) is 13.1 Å². The largest absolute Gasteiger partial charge is 0.486 e. The Labute approximate surface area is 217 Å². The Bertz CT molecular complexity index is 1380. The Morgan fingerprint density at radius 2 is 2.05 bits per heavy atom. The second-order valence-corrected chi connectivity index (χ2v) is 9.65. The Hall–Kier alpha value is -3.98. The van der Waals surface area contributed by atoms with Crippen LogP contribution in [0.1, 0.15) is 62.1 Å². The summed E-state index contributed by atoms with van der Waals surface area (Å²) in [5.74, 6) is 0.109. The number of aromatic nitrogens is 1. The molecular formula is C28H26FN3O4S. The molecule has 1 aliphatic heterocycles. The number of amides is 2. The van der Waals surface area contributed by atoms with Crippen molar-refractivity contribution in [2.45, 2.75) is 32.4 Å². The summed E-state index contributed by atoms with van der Waals surface area (Å²) in [6, 6.07) is 14.9. The van der Waals surface area contributed by atoms with E-state index in [1.165, 1.54) is 29.7 Å². The summed E-state index contributed by atoms with van der Waals surface area (Å²) in [6.45, 7) is 3.30. The first kappa shape index (κ1) is 24.7. The maximum Gasteiger partial charge on any atom is 0.290 e. The Balaban J connectivity index is 1.40. The van der Waals surface area contributed by atoms with Gasteiger partial charge in [0, 0.05) is 18.5 Å². The number of nitrogens with zero attached hydrogens (tertiary/aromatic N) is 2. The molecule has 2 aromatic heterocycles. The molecule has 5 rings (SSSR count). The van der Waals surface area contributed by atoms with Crippen LogP contribution in [-0.2, 0) is 13.0 Å². The van der Waals surface area contributed by atoms with Gasteiger partial charge in [0.15, 0.2) is 5.76 Å². The van der Waals surface area contributed by atoms with E-state index in [-0.39, 0.29) is 30.0 Å². The summed E-state index contributed by atoms with van der Waals surface area (Å²) < 4.78 is 25.1. The molecule has 1 aliphatic rings. The third-order valence-corrected chi connectivity index (χ3v) is 7.03. The van der Waals surface area contributed by atoms with Crippen LogP contribution in [0.4, 0.5) is 4.39 Å². The van der Waals surface area contributed by atoms with Crippen LogP contribution in [0.15, 0.2) is 70.7 Å². The van der Waals surface area contributed by atoms with Gasteiger partial charge < -0.3 is 19.4 Å². The van der Waals surface area contributed by atoms with Crippen LogP contribution in [0.3, 0.4) is 0 Å². The first-order valence-corrected chi connectivity index (χ1v) is 13.0. The molecule has 3 heterocycles. The number of benzene rings is 2. The highest BCUT2D eigenvalue weighted by Crippen LogP contribution is 2.38. The predicted molar refractivity (Wildman–Crippen MR) is 137 cm³/mol. The van der Waals surface area contributed by atoms with Gasteiger partial charge in [0.1, 0.15) is 28.9 Å². The molecule has 2 amide bonds. The average Bonchev–Trinajstić information content (AvgIpc) is 3.63. The van der Waals surface area contributed by atoms with E-state index in [9.17, 15) is 14.0 Å². The number of fused-ring (bicyclic) bond motifs is 1. The number of ether oxygens (including phenoxy) is 1. The molecule has 1 N–H and O–H groups in total. The van der Waals surface area contributed by atoms with E-state index in [1.807, 2.05) is 25.1 Å². The van der Waals surface area contributed by atoms with E-state index in [0.717, 1.165) is 23.1 Å². The summed E-state index contributed by atoms with van der Waals surface area (Å²) in [5, 5.41) is 5.22. The average molecular weight is 520 g/mol. The highest BCUT2D eigenvalue weighted by Gasteiger charge is 2.34. The molecule has 37 heavy (non-hydrogen) atoms. The molecule has 0 fully saturated rings. The normalized spacial score (nSPS) is 14.8. The van der Waals surface area contributed by atoms with E-state index >= 15 is 0 Å². The minimum Gasteiger partial charge on any atom is -0.486 e. The minimum absolute atomic E-state index is 0.193. The Morgan fingerprint density at radius 1 is 1.22 bits per heavy atom. The van der Waals surface area contributed by atoms with Gasteiger partial charge in [-0.15, -0.1) is 11.3 Å². The van der Waals surface area contributed by atoms with Crippen molar-refractivity contribution in [2.24, 2.45) is 0 Å². The summed E-state index contributed by atoms with van der Waals surface area (Å²) in [4.78, 5) is 31.6. The number of rotatable bonds is 8. The van der Waals surface area contributed by atoms with Crippen molar-refractivity contribution in [1.82, 2.24) is 15.2 Å². The van der Waals surface area contributed by atoms with Crippen molar-refractivity contribution in [3.05, 3.63) is 105 Å². The monoisotopic (exact) mass is 519 g/mol. The van der Waals surface area contributed by atoms with Gasteiger partial charge in [0.25, 0.3) is 11.8 Å². The summed E-state index contributed by atoms with van der Waals surface area (Å²) in [5.41, 5.74) is 3.18. The molecule has 0 aliphatic carbocycles. The summed E-state index contributed by atoms with van der Waals surface area (Å²) >= 11 is 1.37. The SMILES string of the molecule is CCCNC(=O)c1csc(COc2ccc3c(c2)C(c2ccc(F)cc2)N(C(=O)c2ccco2)CC3)n1. The predicted octanol–water partition coefficient (Wildman–Crippen LogP) is 5.38.